The first kappa shape index (κ1) is 17.0. The van der Waals surface area contributed by atoms with E-state index < -0.39 is 0 Å². The average molecular weight is 366 g/mol. The molecule has 0 saturated heterocycles. The second kappa shape index (κ2) is 6.80. The van der Waals surface area contributed by atoms with Crippen LogP contribution in [0.1, 0.15) is 60.4 Å². The van der Waals surface area contributed by atoms with Gasteiger partial charge in [-0.05, 0) is 92.2 Å². The molecule has 4 bridgehead atoms. The lowest BCUT2D eigenvalue weighted by Gasteiger charge is -2.61. The molecule has 1 heterocycles. The van der Waals surface area contributed by atoms with Crippen molar-refractivity contribution >= 4 is 11.3 Å². The summed E-state index contributed by atoms with van der Waals surface area (Å²) < 4.78 is 0. The van der Waals surface area contributed by atoms with Gasteiger partial charge in [0.05, 0.1) is 0 Å². The zero-order chi connectivity index (χ0) is 17.6. The predicted octanol–water partition coefficient (Wildman–Crippen LogP) is 6.15. The number of thiophene rings is 1. The summed E-state index contributed by atoms with van der Waals surface area (Å²) in [7, 11) is 0. The first-order chi connectivity index (χ1) is 12.7. The highest BCUT2D eigenvalue weighted by Crippen LogP contribution is 2.67. The molecular weight excluding hydrogens is 334 g/mol. The van der Waals surface area contributed by atoms with Crippen molar-refractivity contribution in [3.8, 4) is 0 Å². The number of aryl methyl sites for hydroxylation is 1. The van der Waals surface area contributed by atoms with Gasteiger partial charge in [-0.25, -0.2) is 0 Å². The highest BCUT2D eigenvalue weighted by atomic mass is 32.1. The van der Waals surface area contributed by atoms with Crippen molar-refractivity contribution in [1.82, 2.24) is 5.32 Å². The van der Waals surface area contributed by atoms with Crippen LogP contribution in [-0.2, 0) is 6.54 Å². The zero-order valence-corrected chi connectivity index (χ0v) is 16.7. The van der Waals surface area contributed by atoms with Crippen LogP contribution < -0.4 is 5.32 Å². The van der Waals surface area contributed by atoms with Crippen molar-refractivity contribution in [3.63, 3.8) is 0 Å². The maximum absolute atomic E-state index is 3.77. The van der Waals surface area contributed by atoms with Gasteiger partial charge in [0.15, 0.2) is 0 Å². The van der Waals surface area contributed by atoms with Crippen molar-refractivity contribution in [2.24, 2.45) is 23.2 Å². The van der Waals surface area contributed by atoms with Gasteiger partial charge in [0.25, 0.3) is 0 Å². The normalized spacial score (nSPS) is 35.1. The van der Waals surface area contributed by atoms with E-state index in [1.807, 2.05) is 11.3 Å². The molecule has 1 aromatic carbocycles. The highest BCUT2D eigenvalue weighted by Gasteiger charge is 2.56. The van der Waals surface area contributed by atoms with Crippen LogP contribution in [0.25, 0.3) is 0 Å². The second-order valence-electron chi connectivity index (χ2n) is 9.38. The molecule has 6 rings (SSSR count). The Labute approximate surface area is 162 Å². The Balaban J connectivity index is 1.28. The largest absolute Gasteiger partial charge is 0.313 e. The number of benzene rings is 1. The van der Waals surface area contributed by atoms with E-state index in [1.54, 1.807) is 4.88 Å². The van der Waals surface area contributed by atoms with Crippen molar-refractivity contribution in [1.29, 1.82) is 0 Å². The van der Waals surface area contributed by atoms with E-state index in [2.05, 4.69) is 54.0 Å². The van der Waals surface area contributed by atoms with Crippen LogP contribution in [0.15, 0.2) is 41.8 Å². The van der Waals surface area contributed by atoms with Gasteiger partial charge in [0.1, 0.15) is 0 Å². The van der Waals surface area contributed by atoms with Gasteiger partial charge in [0.2, 0.25) is 0 Å². The maximum atomic E-state index is 3.77. The fourth-order valence-electron chi connectivity index (χ4n) is 6.85. The summed E-state index contributed by atoms with van der Waals surface area (Å²) >= 11 is 2.02. The van der Waals surface area contributed by atoms with Gasteiger partial charge < -0.3 is 5.32 Å². The molecule has 0 aliphatic heterocycles. The Bertz CT molecular complexity index is 718. The molecule has 138 valence electrons. The molecule has 3 unspecified atom stereocenters. The SMILES string of the molecule is Cc1ccc(CNCCC23CC4CC(CC(C4)C2c2cccs2)C3)cc1. The fourth-order valence-corrected chi connectivity index (χ4v) is 7.91. The van der Waals surface area contributed by atoms with Gasteiger partial charge in [0, 0.05) is 17.3 Å². The van der Waals surface area contributed by atoms with Crippen molar-refractivity contribution in [2.75, 3.05) is 6.54 Å². The summed E-state index contributed by atoms with van der Waals surface area (Å²) in [6.45, 7) is 4.34. The Morgan fingerprint density at radius 1 is 1.04 bits per heavy atom. The van der Waals surface area contributed by atoms with E-state index in [1.165, 1.54) is 56.2 Å². The molecule has 0 radical (unpaired) electrons. The summed E-state index contributed by atoms with van der Waals surface area (Å²) in [5.74, 6) is 3.87. The van der Waals surface area contributed by atoms with E-state index in [4.69, 9.17) is 0 Å². The van der Waals surface area contributed by atoms with Crippen molar-refractivity contribution in [3.05, 3.63) is 57.8 Å². The molecule has 2 aromatic rings. The van der Waals surface area contributed by atoms with E-state index in [9.17, 15) is 0 Å². The highest BCUT2D eigenvalue weighted by molar-refractivity contribution is 7.10. The minimum atomic E-state index is 0.583. The van der Waals surface area contributed by atoms with Crippen LogP contribution in [0.2, 0.25) is 0 Å². The summed E-state index contributed by atoms with van der Waals surface area (Å²) in [6.07, 6.45) is 8.91. The van der Waals surface area contributed by atoms with Gasteiger partial charge in [-0.2, -0.15) is 0 Å². The van der Waals surface area contributed by atoms with Crippen LogP contribution in [0, 0.1) is 30.1 Å². The maximum Gasteiger partial charge on any atom is 0.0205 e. The Morgan fingerprint density at radius 2 is 1.81 bits per heavy atom. The monoisotopic (exact) mass is 365 g/mol. The third-order valence-electron chi connectivity index (χ3n) is 7.56. The molecule has 0 amide bonds. The van der Waals surface area contributed by atoms with Crippen LogP contribution in [-0.4, -0.2) is 6.54 Å². The van der Waals surface area contributed by atoms with Crippen LogP contribution in [0.4, 0.5) is 0 Å². The molecule has 3 atom stereocenters. The molecule has 4 fully saturated rings. The molecule has 1 nitrogen and oxygen atoms in total. The molecule has 4 aliphatic carbocycles. The first-order valence-electron chi connectivity index (χ1n) is 10.5. The molecular formula is C24H31NS. The van der Waals surface area contributed by atoms with Crippen LogP contribution in [0.5, 0.6) is 0 Å². The smallest absolute Gasteiger partial charge is 0.0205 e. The van der Waals surface area contributed by atoms with Crippen molar-refractivity contribution in [2.45, 2.75) is 57.9 Å². The van der Waals surface area contributed by atoms with Gasteiger partial charge in [-0.1, -0.05) is 35.9 Å². The predicted molar refractivity (Wildman–Crippen MR) is 111 cm³/mol. The Kier molecular flexibility index (Phi) is 4.45. The lowest BCUT2D eigenvalue weighted by atomic mass is 9.44. The van der Waals surface area contributed by atoms with Gasteiger partial charge in [-0.15, -0.1) is 11.3 Å². The quantitative estimate of drug-likeness (QED) is 0.606. The molecule has 0 spiro atoms. The van der Waals surface area contributed by atoms with E-state index in [0.29, 0.717) is 5.41 Å². The minimum absolute atomic E-state index is 0.583. The van der Waals surface area contributed by atoms with E-state index >= 15 is 0 Å². The summed E-state index contributed by atoms with van der Waals surface area (Å²) in [4.78, 5) is 1.69. The molecule has 1 N–H and O–H groups in total. The summed E-state index contributed by atoms with van der Waals surface area (Å²) in [5, 5.41) is 6.06. The molecule has 4 saturated carbocycles. The molecule has 1 aromatic heterocycles. The topological polar surface area (TPSA) is 12.0 Å². The molecule has 2 heteroatoms. The van der Waals surface area contributed by atoms with Gasteiger partial charge in [-0.3, -0.25) is 0 Å². The second-order valence-corrected chi connectivity index (χ2v) is 10.4. The minimum Gasteiger partial charge on any atom is -0.313 e. The summed E-state index contributed by atoms with van der Waals surface area (Å²) in [6, 6.07) is 13.7. The average Bonchev–Trinajstić information content (AvgIpc) is 3.13. The van der Waals surface area contributed by atoms with Crippen molar-refractivity contribution < 1.29 is 0 Å². The van der Waals surface area contributed by atoms with E-state index in [-0.39, 0.29) is 0 Å². The lowest BCUT2D eigenvalue weighted by Crippen LogP contribution is -2.52. The Morgan fingerprint density at radius 3 is 2.50 bits per heavy atom. The zero-order valence-electron chi connectivity index (χ0n) is 15.9. The third-order valence-corrected chi connectivity index (χ3v) is 8.51. The summed E-state index contributed by atoms with van der Waals surface area (Å²) in [5.41, 5.74) is 3.34. The van der Waals surface area contributed by atoms with Gasteiger partial charge >= 0.3 is 0 Å². The third kappa shape index (κ3) is 3.05. The first-order valence-corrected chi connectivity index (χ1v) is 11.4. The van der Waals surface area contributed by atoms with E-state index in [0.717, 1.165) is 30.2 Å². The number of hydrogen-bond donors (Lipinski definition) is 1. The fraction of sp³-hybridized carbons (Fsp3) is 0.583. The number of nitrogens with one attached hydrogen (secondary N) is 1. The number of rotatable bonds is 6. The Hall–Kier alpha value is -1.12. The number of hydrogen-bond acceptors (Lipinski definition) is 2. The van der Waals surface area contributed by atoms with Crippen LogP contribution >= 0.6 is 11.3 Å². The standard InChI is InChI=1S/C24H31NS/c1-17-4-6-18(7-5-17)16-25-9-8-24-14-19-11-20(15-24)13-21(12-19)23(24)22-3-2-10-26-22/h2-7,10,19-21,23,25H,8-9,11-16H2,1H3. The van der Waals surface area contributed by atoms with Crippen LogP contribution in [0.3, 0.4) is 0 Å². The molecule has 26 heavy (non-hydrogen) atoms. The molecule has 4 aliphatic rings. The lowest BCUT2D eigenvalue weighted by molar-refractivity contribution is -0.0785.